The Hall–Kier alpha value is -2.82. The molecule has 0 aliphatic rings. The molecule has 5 nitrogen and oxygen atoms in total. The summed E-state index contributed by atoms with van der Waals surface area (Å²) >= 11 is 0. The van der Waals surface area contributed by atoms with Crippen molar-refractivity contribution in [3.05, 3.63) is 59.7 Å². The summed E-state index contributed by atoms with van der Waals surface area (Å²) in [6, 6.07) is 14.6. The maximum atomic E-state index is 12.6. The summed E-state index contributed by atoms with van der Waals surface area (Å²) in [6.07, 6.45) is 2.28. The molecule has 2 rings (SSSR count). The first kappa shape index (κ1) is 20.5. The first-order valence-corrected chi connectivity index (χ1v) is 9.44. The summed E-state index contributed by atoms with van der Waals surface area (Å²) < 4.78 is 0. The minimum Gasteiger partial charge on any atom is -0.375 e. The average Bonchev–Trinajstić information content (AvgIpc) is 2.66. The van der Waals surface area contributed by atoms with Crippen LogP contribution < -0.4 is 15.5 Å². The Kier molecular flexibility index (Phi) is 7.41. The van der Waals surface area contributed by atoms with Crippen LogP contribution in [0.5, 0.6) is 0 Å². The van der Waals surface area contributed by atoms with Crippen LogP contribution >= 0.6 is 0 Å². The summed E-state index contributed by atoms with van der Waals surface area (Å²) in [5, 5.41) is 5.70. The van der Waals surface area contributed by atoms with Crippen LogP contribution in [0.25, 0.3) is 0 Å². The van der Waals surface area contributed by atoms with E-state index in [1.165, 1.54) is 0 Å². The summed E-state index contributed by atoms with van der Waals surface area (Å²) in [4.78, 5) is 27.1. The van der Waals surface area contributed by atoms with Crippen LogP contribution in [-0.2, 0) is 0 Å². The van der Waals surface area contributed by atoms with Gasteiger partial charge in [0.2, 0.25) is 0 Å². The third kappa shape index (κ3) is 5.84. The molecular formula is C22H29N3O2. The van der Waals surface area contributed by atoms with Gasteiger partial charge in [0.25, 0.3) is 11.8 Å². The van der Waals surface area contributed by atoms with E-state index in [1.807, 2.05) is 45.2 Å². The number of nitrogens with zero attached hydrogens (tertiary/aromatic N) is 1. The molecule has 0 aliphatic carbocycles. The van der Waals surface area contributed by atoms with E-state index in [0.717, 1.165) is 25.1 Å². The molecule has 0 spiro atoms. The second-order valence-corrected chi connectivity index (χ2v) is 6.95. The topological polar surface area (TPSA) is 61.4 Å². The van der Waals surface area contributed by atoms with Gasteiger partial charge in [0, 0.05) is 30.9 Å². The largest absolute Gasteiger partial charge is 0.375 e. The van der Waals surface area contributed by atoms with Crippen LogP contribution in [0.2, 0.25) is 0 Å². The third-order valence-electron chi connectivity index (χ3n) is 4.26. The summed E-state index contributed by atoms with van der Waals surface area (Å²) in [5.41, 5.74) is 2.60. The first-order valence-electron chi connectivity index (χ1n) is 9.44. The zero-order chi connectivity index (χ0) is 19.8. The van der Waals surface area contributed by atoms with Crippen molar-refractivity contribution in [1.82, 2.24) is 5.32 Å². The number of carbonyl (C=O) groups is 2. The molecule has 27 heavy (non-hydrogen) atoms. The Bertz CT molecular complexity index is 769. The van der Waals surface area contributed by atoms with Gasteiger partial charge in [0.1, 0.15) is 0 Å². The molecular weight excluding hydrogens is 338 g/mol. The highest BCUT2D eigenvalue weighted by molar-refractivity contribution is 6.09. The van der Waals surface area contributed by atoms with Gasteiger partial charge in [-0.1, -0.05) is 25.5 Å². The van der Waals surface area contributed by atoms with Crippen LogP contribution in [0, 0.1) is 0 Å². The van der Waals surface area contributed by atoms with E-state index in [0.29, 0.717) is 16.8 Å². The monoisotopic (exact) mass is 367 g/mol. The van der Waals surface area contributed by atoms with Gasteiger partial charge in [0.05, 0.1) is 11.3 Å². The van der Waals surface area contributed by atoms with Crippen molar-refractivity contribution >= 4 is 23.2 Å². The van der Waals surface area contributed by atoms with Gasteiger partial charge in [-0.15, -0.1) is 0 Å². The molecule has 0 unspecified atom stereocenters. The predicted octanol–water partition coefficient (Wildman–Crippen LogP) is 4.31. The summed E-state index contributed by atoms with van der Waals surface area (Å²) in [5.74, 6) is -0.434. The Morgan fingerprint density at radius 3 is 2.30 bits per heavy atom. The lowest BCUT2D eigenvalue weighted by molar-refractivity contribution is 0.0944. The number of para-hydroxylation sites is 1. The number of carbonyl (C=O) groups excluding carboxylic acids is 2. The van der Waals surface area contributed by atoms with E-state index in [2.05, 4.69) is 22.5 Å². The Morgan fingerprint density at radius 2 is 1.67 bits per heavy atom. The summed E-state index contributed by atoms with van der Waals surface area (Å²) in [7, 11) is 2.05. The smallest absolute Gasteiger partial charge is 0.255 e. The number of amides is 2. The van der Waals surface area contributed by atoms with Crippen molar-refractivity contribution in [3.63, 3.8) is 0 Å². The SMILES string of the molecule is CCCCN(C)c1ccc(C(=O)Nc2ccccc2C(=O)NC(C)C)cc1. The molecule has 2 aromatic rings. The zero-order valence-corrected chi connectivity index (χ0v) is 16.6. The molecule has 0 atom stereocenters. The number of nitrogens with one attached hydrogen (secondary N) is 2. The van der Waals surface area contributed by atoms with E-state index < -0.39 is 0 Å². The van der Waals surface area contributed by atoms with Crippen LogP contribution in [0.1, 0.15) is 54.3 Å². The molecule has 0 saturated heterocycles. The van der Waals surface area contributed by atoms with E-state index >= 15 is 0 Å². The average molecular weight is 367 g/mol. The van der Waals surface area contributed by atoms with Crippen LogP contribution in [0.4, 0.5) is 11.4 Å². The molecule has 2 amide bonds. The van der Waals surface area contributed by atoms with Crippen LogP contribution in [0.3, 0.4) is 0 Å². The fourth-order valence-electron chi connectivity index (χ4n) is 2.72. The van der Waals surface area contributed by atoms with Crippen LogP contribution in [0.15, 0.2) is 48.5 Å². The lowest BCUT2D eigenvalue weighted by Gasteiger charge is -2.19. The quantitative estimate of drug-likeness (QED) is 0.731. The van der Waals surface area contributed by atoms with E-state index in [-0.39, 0.29) is 17.9 Å². The third-order valence-corrected chi connectivity index (χ3v) is 4.26. The number of benzene rings is 2. The Morgan fingerprint density at radius 1 is 1.00 bits per heavy atom. The lowest BCUT2D eigenvalue weighted by Crippen LogP contribution is -2.31. The lowest BCUT2D eigenvalue weighted by atomic mass is 10.1. The second-order valence-electron chi connectivity index (χ2n) is 6.95. The second kappa shape index (κ2) is 9.76. The van der Waals surface area contributed by atoms with Gasteiger partial charge < -0.3 is 15.5 Å². The Labute approximate surface area is 161 Å². The van der Waals surface area contributed by atoms with Gasteiger partial charge in [-0.3, -0.25) is 9.59 Å². The molecule has 0 aromatic heterocycles. The highest BCUT2D eigenvalue weighted by Crippen LogP contribution is 2.18. The Balaban J connectivity index is 2.10. The minimum atomic E-state index is -0.234. The maximum Gasteiger partial charge on any atom is 0.255 e. The zero-order valence-electron chi connectivity index (χ0n) is 16.6. The number of rotatable bonds is 8. The van der Waals surface area contributed by atoms with E-state index in [9.17, 15) is 9.59 Å². The number of hydrogen-bond donors (Lipinski definition) is 2. The van der Waals surface area contributed by atoms with Gasteiger partial charge in [0.15, 0.2) is 0 Å². The van der Waals surface area contributed by atoms with Crippen molar-refractivity contribution in [2.24, 2.45) is 0 Å². The molecule has 144 valence electrons. The highest BCUT2D eigenvalue weighted by Gasteiger charge is 2.14. The molecule has 0 fully saturated rings. The number of unbranched alkanes of at least 4 members (excludes halogenated alkanes) is 1. The number of anilines is 2. The molecule has 0 saturated carbocycles. The van der Waals surface area contributed by atoms with Crippen molar-refractivity contribution in [3.8, 4) is 0 Å². The van der Waals surface area contributed by atoms with Crippen molar-refractivity contribution < 1.29 is 9.59 Å². The van der Waals surface area contributed by atoms with Crippen molar-refractivity contribution in [1.29, 1.82) is 0 Å². The molecule has 0 bridgehead atoms. The van der Waals surface area contributed by atoms with Crippen LogP contribution in [-0.4, -0.2) is 31.4 Å². The molecule has 0 radical (unpaired) electrons. The van der Waals surface area contributed by atoms with Gasteiger partial charge in [-0.05, 0) is 56.7 Å². The van der Waals surface area contributed by atoms with E-state index in [1.54, 1.807) is 24.3 Å². The maximum absolute atomic E-state index is 12.6. The molecule has 2 aromatic carbocycles. The van der Waals surface area contributed by atoms with Crippen molar-refractivity contribution in [2.75, 3.05) is 23.8 Å². The minimum absolute atomic E-state index is 0.0264. The van der Waals surface area contributed by atoms with Gasteiger partial charge in [-0.2, -0.15) is 0 Å². The standard InChI is InChI=1S/C22H29N3O2/c1-5-6-15-25(4)18-13-11-17(12-14-18)21(26)24-20-10-8-7-9-19(20)22(27)23-16(2)3/h7-14,16H,5-6,15H2,1-4H3,(H,23,27)(H,24,26). The highest BCUT2D eigenvalue weighted by atomic mass is 16.2. The van der Waals surface area contributed by atoms with E-state index in [4.69, 9.17) is 0 Å². The molecule has 0 aliphatic heterocycles. The normalized spacial score (nSPS) is 10.6. The predicted molar refractivity (Wildman–Crippen MR) is 112 cm³/mol. The molecule has 5 heteroatoms. The fourth-order valence-corrected chi connectivity index (χ4v) is 2.72. The summed E-state index contributed by atoms with van der Waals surface area (Å²) in [6.45, 7) is 6.96. The molecule has 0 heterocycles. The fraction of sp³-hybridized carbons (Fsp3) is 0.364. The van der Waals surface area contributed by atoms with Crippen molar-refractivity contribution in [2.45, 2.75) is 39.7 Å². The first-order chi connectivity index (χ1) is 12.9. The van der Waals surface area contributed by atoms with Gasteiger partial charge in [-0.25, -0.2) is 0 Å². The van der Waals surface area contributed by atoms with Gasteiger partial charge >= 0.3 is 0 Å². The molecule has 2 N–H and O–H groups in total. The number of hydrogen-bond acceptors (Lipinski definition) is 3.